The van der Waals surface area contributed by atoms with Gasteiger partial charge in [-0.15, -0.1) is 0 Å². The Morgan fingerprint density at radius 1 is 0.485 bits per heavy atom. The average molecular weight is 669 g/mol. The summed E-state index contributed by atoms with van der Waals surface area (Å²) in [4.78, 5) is 0. The van der Waals surface area contributed by atoms with Gasteiger partial charge in [0.2, 0.25) is 0 Å². The summed E-state index contributed by atoms with van der Waals surface area (Å²) >= 11 is 1.75. The summed E-state index contributed by atoms with van der Waals surface area (Å²) in [6, 6.07) is 13.7. The molecule has 0 N–H and O–H groups in total. The number of hydrogen-bond donors (Lipinski definition) is 0. The van der Waals surface area contributed by atoms with Crippen molar-refractivity contribution < 1.29 is 34.2 Å². The van der Waals surface area contributed by atoms with Crippen LogP contribution in [0, 0.1) is 41.5 Å². The van der Waals surface area contributed by atoms with Gasteiger partial charge in [-0.05, 0) is 135 Å². The van der Waals surface area contributed by atoms with Crippen LogP contribution in [0.25, 0.3) is 0 Å². The van der Waals surface area contributed by atoms with Gasteiger partial charge in [-0.1, -0.05) is 0 Å². The van der Waals surface area contributed by atoms with Gasteiger partial charge in [0.1, 0.15) is 17.2 Å². The van der Waals surface area contributed by atoms with Gasteiger partial charge in [0.05, 0.1) is 21.3 Å². The molecular formula is C27H33AuClO3P. The van der Waals surface area contributed by atoms with Gasteiger partial charge in [0, 0.05) is 0 Å². The Balaban J connectivity index is 0.00000187. The number of rotatable bonds is 6. The van der Waals surface area contributed by atoms with Crippen LogP contribution in [-0.2, 0) is 20.0 Å². The fourth-order valence-corrected chi connectivity index (χ4v) is 7.41. The first-order chi connectivity index (χ1) is 15.7. The number of methoxy groups -OCH3 is 3. The van der Waals surface area contributed by atoms with E-state index in [9.17, 15) is 0 Å². The molecule has 0 atom stereocenters. The summed E-state index contributed by atoms with van der Waals surface area (Å²) < 4.78 is 16.9. The number of ether oxygens (including phenoxy) is 3. The van der Waals surface area contributed by atoms with Crippen molar-refractivity contribution >= 4 is 33.0 Å². The summed E-state index contributed by atoms with van der Waals surface area (Å²) in [6.45, 7) is 12.7. The standard InChI is InChI=1S/C27H33O3P.Au.ClH/c1-16-10-22(11-17(2)25(16)28-7)31(23-12-18(3)26(29-8)19(4)13-23)24-14-20(5)27(30-9)21(6)15-24;;/h10-15H,1-9H3;;1H/q;+1;/p-1. The third-order valence-corrected chi connectivity index (χ3v) is 8.05. The van der Waals surface area contributed by atoms with Crippen molar-refractivity contribution in [2.24, 2.45) is 0 Å². The molecule has 182 valence electrons. The molecule has 0 aliphatic heterocycles. The Morgan fingerprint density at radius 2 is 0.667 bits per heavy atom. The van der Waals surface area contributed by atoms with E-state index < -0.39 is 7.92 Å². The van der Waals surface area contributed by atoms with Crippen LogP contribution in [0.2, 0.25) is 0 Å². The zero-order chi connectivity index (χ0) is 24.9. The van der Waals surface area contributed by atoms with E-state index in [1.54, 1.807) is 41.3 Å². The molecular weight excluding hydrogens is 636 g/mol. The Morgan fingerprint density at radius 3 is 0.818 bits per heavy atom. The summed E-state index contributed by atoms with van der Waals surface area (Å²) in [5, 5.41) is 3.95. The molecule has 3 aromatic carbocycles. The molecule has 0 fully saturated rings. The summed E-state index contributed by atoms with van der Waals surface area (Å²) in [6.07, 6.45) is 0. The molecule has 0 heterocycles. The second kappa shape index (κ2) is 12.3. The minimum absolute atomic E-state index is 0.762. The van der Waals surface area contributed by atoms with Crippen molar-refractivity contribution in [3.8, 4) is 17.2 Å². The summed E-state index contributed by atoms with van der Waals surface area (Å²) in [7, 11) is 9.04. The van der Waals surface area contributed by atoms with Crippen LogP contribution in [0.1, 0.15) is 33.4 Å². The summed E-state index contributed by atoms with van der Waals surface area (Å²) in [5.41, 5.74) is 6.97. The SMILES string of the molecule is COc1c(C)cc(P(c2cc(C)c(OC)c(C)c2)c2cc(C)c(OC)c(C)c2)cc1C.[Cl][Au]. The molecule has 0 aliphatic carbocycles. The Kier molecular flexibility index (Phi) is 10.3. The van der Waals surface area contributed by atoms with Crippen LogP contribution >= 0.6 is 17.1 Å². The number of benzene rings is 3. The predicted molar refractivity (Wildman–Crippen MR) is 139 cm³/mol. The average Bonchev–Trinajstić information content (AvgIpc) is 2.75. The quantitative estimate of drug-likeness (QED) is 0.238. The molecule has 0 amide bonds. The first-order valence-electron chi connectivity index (χ1n) is 10.6. The Hall–Kier alpha value is -1.48. The molecule has 0 bridgehead atoms. The van der Waals surface area contributed by atoms with E-state index in [1.807, 2.05) is 0 Å². The normalized spacial score (nSPS) is 10.6. The molecule has 0 radical (unpaired) electrons. The first kappa shape index (κ1) is 27.8. The second-order valence-corrected chi connectivity index (χ2v) is 10.4. The van der Waals surface area contributed by atoms with Crippen molar-refractivity contribution in [3.63, 3.8) is 0 Å². The van der Waals surface area contributed by atoms with E-state index >= 15 is 0 Å². The van der Waals surface area contributed by atoms with Gasteiger partial charge in [0.25, 0.3) is 0 Å². The van der Waals surface area contributed by atoms with Crippen LogP contribution in [-0.4, -0.2) is 21.3 Å². The molecule has 0 saturated heterocycles. The van der Waals surface area contributed by atoms with Crippen LogP contribution in [0.15, 0.2) is 36.4 Å². The molecule has 0 aliphatic rings. The monoisotopic (exact) mass is 668 g/mol. The van der Waals surface area contributed by atoms with Gasteiger partial charge in [0.15, 0.2) is 0 Å². The van der Waals surface area contributed by atoms with Crippen molar-refractivity contribution in [3.05, 3.63) is 69.8 Å². The van der Waals surface area contributed by atoms with E-state index in [0.29, 0.717) is 0 Å². The molecule has 0 spiro atoms. The Bertz CT molecular complexity index is 920. The van der Waals surface area contributed by atoms with Crippen LogP contribution in [0.3, 0.4) is 0 Å². The van der Waals surface area contributed by atoms with Crippen molar-refractivity contribution in [1.29, 1.82) is 0 Å². The maximum absolute atomic E-state index is 5.63. The topological polar surface area (TPSA) is 27.7 Å². The molecule has 3 rings (SSSR count). The van der Waals surface area contributed by atoms with Crippen LogP contribution in [0.4, 0.5) is 0 Å². The third kappa shape index (κ3) is 5.96. The van der Waals surface area contributed by atoms with Crippen LogP contribution in [0.5, 0.6) is 17.2 Å². The van der Waals surface area contributed by atoms with Crippen molar-refractivity contribution in [1.82, 2.24) is 0 Å². The van der Waals surface area contributed by atoms with Gasteiger partial charge >= 0.3 is 29.2 Å². The van der Waals surface area contributed by atoms with Crippen molar-refractivity contribution in [2.45, 2.75) is 41.5 Å². The molecule has 0 aromatic heterocycles. The van der Waals surface area contributed by atoms with Crippen molar-refractivity contribution in [2.75, 3.05) is 21.3 Å². The Labute approximate surface area is 216 Å². The minimum atomic E-state index is -0.762. The molecule has 0 unspecified atom stereocenters. The van der Waals surface area contributed by atoms with E-state index in [1.165, 1.54) is 15.9 Å². The molecule has 3 nitrogen and oxygen atoms in total. The second-order valence-electron chi connectivity index (χ2n) is 8.17. The van der Waals surface area contributed by atoms with Gasteiger partial charge < -0.3 is 14.2 Å². The number of hydrogen-bond acceptors (Lipinski definition) is 3. The van der Waals surface area contributed by atoms with Crippen LogP contribution < -0.4 is 30.1 Å². The van der Waals surface area contributed by atoms with E-state index in [0.717, 1.165) is 50.6 Å². The zero-order valence-electron chi connectivity index (χ0n) is 20.8. The maximum atomic E-state index is 5.63. The van der Waals surface area contributed by atoms with E-state index in [4.69, 9.17) is 14.2 Å². The fourth-order valence-electron chi connectivity index (χ4n) is 4.58. The molecule has 6 heteroatoms. The van der Waals surface area contributed by atoms with Gasteiger partial charge in [-0.3, -0.25) is 0 Å². The fraction of sp³-hybridized carbons (Fsp3) is 0.333. The molecule has 3 aromatic rings. The first-order valence-corrected chi connectivity index (χ1v) is 14.6. The third-order valence-electron chi connectivity index (χ3n) is 5.72. The zero-order valence-corrected chi connectivity index (χ0v) is 24.6. The molecule has 0 saturated carbocycles. The number of halogens is 1. The van der Waals surface area contributed by atoms with E-state index in [-0.39, 0.29) is 0 Å². The number of aryl methyl sites for hydroxylation is 6. The summed E-state index contributed by atoms with van der Waals surface area (Å²) in [5.74, 6) is 2.88. The predicted octanol–water partition coefficient (Wildman–Crippen LogP) is 6.01. The molecule has 33 heavy (non-hydrogen) atoms. The van der Waals surface area contributed by atoms with E-state index in [2.05, 4.69) is 87.1 Å². The van der Waals surface area contributed by atoms with Gasteiger partial charge in [-0.2, -0.15) is 0 Å². The van der Waals surface area contributed by atoms with Gasteiger partial charge in [-0.25, -0.2) is 0 Å².